The summed E-state index contributed by atoms with van der Waals surface area (Å²) in [5.74, 6) is -0.145. The van der Waals surface area contributed by atoms with E-state index in [1.54, 1.807) is 12.1 Å². The highest BCUT2D eigenvalue weighted by Crippen LogP contribution is 2.21. The van der Waals surface area contributed by atoms with E-state index in [0.29, 0.717) is 11.4 Å². The van der Waals surface area contributed by atoms with E-state index in [1.807, 2.05) is 12.1 Å². The van der Waals surface area contributed by atoms with Gasteiger partial charge in [0, 0.05) is 35.3 Å². The Hall–Kier alpha value is -2.87. The van der Waals surface area contributed by atoms with Gasteiger partial charge in [0.05, 0.1) is 10.7 Å². The number of carbonyl (C=O) groups excluding carboxylic acids is 2. The molecule has 0 aliphatic heterocycles. The van der Waals surface area contributed by atoms with Crippen molar-refractivity contribution in [2.24, 2.45) is 0 Å². The predicted octanol–water partition coefficient (Wildman–Crippen LogP) is 3.28. The van der Waals surface area contributed by atoms with Crippen LogP contribution in [0.5, 0.6) is 0 Å². The Morgan fingerprint density at radius 1 is 1.00 bits per heavy atom. The fourth-order valence-electron chi connectivity index (χ4n) is 1.85. The predicted molar refractivity (Wildman–Crippen MR) is 93.2 cm³/mol. The molecule has 0 saturated carbocycles. The molecule has 0 bridgehead atoms. The zero-order valence-electron chi connectivity index (χ0n) is 12.8. The number of nitrogens with zero attached hydrogens (tertiary/aromatic N) is 1. The van der Waals surface area contributed by atoms with Gasteiger partial charge in [0.1, 0.15) is 0 Å². The summed E-state index contributed by atoms with van der Waals surface area (Å²) in [5.41, 5.74) is 1.18. The number of nitro benzene ring substituents is 1. The van der Waals surface area contributed by atoms with Gasteiger partial charge >= 0.3 is 0 Å². The Kier molecular flexibility index (Phi) is 5.91. The fraction of sp³-hybridized carbons (Fsp3) is 0.125. The first-order chi connectivity index (χ1) is 11.4. The quantitative estimate of drug-likeness (QED) is 0.475. The Balaban J connectivity index is 1.84. The number of nitro groups is 1. The van der Waals surface area contributed by atoms with Crippen molar-refractivity contribution >= 4 is 40.6 Å². The molecule has 0 aromatic heterocycles. The molecule has 0 radical (unpaired) electrons. The number of amides is 2. The molecule has 0 atom stereocenters. The second kappa shape index (κ2) is 8.11. The Labute approximate surface area is 142 Å². The van der Waals surface area contributed by atoms with E-state index in [1.165, 1.54) is 43.0 Å². The first kappa shape index (κ1) is 17.5. The van der Waals surface area contributed by atoms with Crippen molar-refractivity contribution < 1.29 is 14.5 Å². The third-order valence-electron chi connectivity index (χ3n) is 2.91. The summed E-state index contributed by atoms with van der Waals surface area (Å²) >= 11 is 1.35. The summed E-state index contributed by atoms with van der Waals surface area (Å²) in [6.07, 6.45) is 0. The van der Waals surface area contributed by atoms with Gasteiger partial charge in [-0.15, -0.1) is 11.8 Å². The van der Waals surface area contributed by atoms with Gasteiger partial charge in [0.25, 0.3) is 5.69 Å². The number of nitrogens with one attached hydrogen (secondary N) is 2. The summed E-state index contributed by atoms with van der Waals surface area (Å²) < 4.78 is 0. The number of anilines is 2. The SMILES string of the molecule is CC(=O)Nc1ccc(SCC(=O)Nc2ccc([N+](=O)[O-])cc2)cc1. The summed E-state index contributed by atoms with van der Waals surface area (Å²) in [7, 11) is 0. The molecule has 2 rings (SSSR count). The molecule has 124 valence electrons. The molecule has 2 aromatic rings. The van der Waals surface area contributed by atoms with Crippen LogP contribution in [0.25, 0.3) is 0 Å². The summed E-state index contributed by atoms with van der Waals surface area (Å²) in [4.78, 5) is 33.8. The molecule has 2 N–H and O–H groups in total. The van der Waals surface area contributed by atoms with Crippen molar-refractivity contribution in [3.8, 4) is 0 Å². The first-order valence-electron chi connectivity index (χ1n) is 6.99. The highest BCUT2D eigenvalue weighted by atomic mass is 32.2. The number of benzene rings is 2. The van der Waals surface area contributed by atoms with Crippen LogP contribution in [-0.4, -0.2) is 22.5 Å². The standard InChI is InChI=1S/C16H15N3O4S/c1-11(20)17-12-4-8-15(9-5-12)24-10-16(21)18-13-2-6-14(7-3-13)19(22)23/h2-9H,10H2,1H3,(H,17,20)(H,18,21). The number of rotatable bonds is 6. The molecule has 2 aromatic carbocycles. The lowest BCUT2D eigenvalue weighted by Gasteiger charge is -2.06. The first-order valence-corrected chi connectivity index (χ1v) is 7.97. The van der Waals surface area contributed by atoms with Gasteiger partial charge < -0.3 is 10.6 Å². The van der Waals surface area contributed by atoms with E-state index < -0.39 is 4.92 Å². The minimum atomic E-state index is -0.494. The summed E-state index contributed by atoms with van der Waals surface area (Å²) in [5, 5.41) is 15.9. The molecule has 0 heterocycles. The van der Waals surface area contributed by atoms with Gasteiger partial charge in [-0.1, -0.05) is 0 Å². The average molecular weight is 345 g/mol. The highest BCUT2D eigenvalue weighted by molar-refractivity contribution is 8.00. The van der Waals surface area contributed by atoms with E-state index >= 15 is 0 Å². The number of carbonyl (C=O) groups is 2. The van der Waals surface area contributed by atoms with Crippen molar-refractivity contribution in [2.45, 2.75) is 11.8 Å². The lowest BCUT2D eigenvalue weighted by atomic mass is 10.3. The average Bonchev–Trinajstić information content (AvgIpc) is 2.54. The van der Waals surface area contributed by atoms with Crippen LogP contribution in [0.3, 0.4) is 0 Å². The van der Waals surface area contributed by atoms with Gasteiger partial charge in [0.2, 0.25) is 11.8 Å². The minimum absolute atomic E-state index is 0.0263. The maximum atomic E-state index is 11.9. The third-order valence-corrected chi connectivity index (χ3v) is 3.92. The van der Waals surface area contributed by atoms with Gasteiger partial charge in [-0.2, -0.15) is 0 Å². The van der Waals surface area contributed by atoms with Crippen LogP contribution in [0, 0.1) is 10.1 Å². The maximum Gasteiger partial charge on any atom is 0.269 e. The highest BCUT2D eigenvalue weighted by Gasteiger charge is 2.07. The normalized spacial score (nSPS) is 10.0. The molecular formula is C16H15N3O4S. The van der Waals surface area contributed by atoms with E-state index in [-0.39, 0.29) is 23.3 Å². The molecule has 0 unspecified atom stereocenters. The number of hydrogen-bond donors (Lipinski definition) is 2. The monoisotopic (exact) mass is 345 g/mol. The van der Waals surface area contributed by atoms with Gasteiger partial charge in [-0.3, -0.25) is 19.7 Å². The van der Waals surface area contributed by atoms with Gasteiger partial charge in [-0.05, 0) is 36.4 Å². The second-order valence-corrected chi connectivity index (χ2v) is 5.90. The zero-order valence-corrected chi connectivity index (χ0v) is 13.6. The van der Waals surface area contributed by atoms with Crippen LogP contribution in [0.1, 0.15) is 6.92 Å². The van der Waals surface area contributed by atoms with E-state index in [2.05, 4.69) is 10.6 Å². The molecule has 0 fully saturated rings. The number of hydrogen-bond acceptors (Lipinski definition) is 5. The topological polar surface area (TPSA) is 101 Å². The van der Waals surface area contributed by atoms with E-state index in [4.69, 9.17) is 0 Å². The zero-order chi connectivity index (χ0) is 17.5. The molecule has 0 spiro atoms. The molecular weight excluding hydrogens is 330 g/mol. The van der Waals surface area contributed by atoms with Crippen LogP contribution in [0.15, 0.2) is 53.4 Å². The van der Waals surface area contributed by atoms with Gasteiger partial charge in [-0.25, -0.2) is 0 Å². The maximum absolute atomic E-state index is 11.9. The molecule has 0 aliphatic rings. The Bertz CT molecular complexity index is 745. The molecule has 0 saturated heterocycles. The van der Waals surface area contributed by atoms with Crippen molar-refractivity contribution in [2.75, 3.05) is 16.4 Å². The van der Waals surface area contributed by atoms with Crippen LogP contribution in [0.4, 0.5) is 17.1 Å². The van der Waals surface area contributed by atoms with Crippen molar-refractivity contribution in [1.29, 1.82) is 0 Å². The fourth-order valence-corrected chi connectivity index (χ4v) is 2.55. The summed E-state index contributed by atoms with van der Waals surface area (Å²) in [6.45, 7) is 1.44. The molecule has 0 aliphatic carbocycles. The molecule has 24 heavy (non-hydrogen) atoms. The van der Waals surface area contributed by atoms with Crippen LogP contribution >= 0.6 is 11.8 Å². The Morgan fingerprint density at radius 2 is 1.54 bits per heavy atom. The Morgan fingerprint density at radius 3 is 2.08 bits per heavy atom. The van der Waals surface area contributed by atoms with Crippen molar-refractivity contribution in [3.05, 3.63) is 58.6 Å². The van der Waals surface area contributed by atoms with E-state index in [9.17, 15) is 19.7 Å². The van der Waals surface area contributed by atoms with Crippen LogP contribution in [0.2, 0.25) is 0 Å². The minimum Gasteiger partial charge on any atom is -0.326 e. The molecule has 2 amide bonds. The van der Waals surface area contributed by atoms with Gasteiger partial charge in [0.15, 0.2) is 0 Å². The second-order valence-electron chi connectivity index (χ2n) is 4.85. The van der Waals surface area contributed by atoms with Crippen LogP contribution in [-0.2, 0) is 9.59 Å². The smallest absolute Gasteiger partial charge is 0.269 e. The molecule has 8 heteroatoms. The lowest BCUT2D eigenvalue weighted by molar-refractivity contribution is -0.384. The largest absolute Gasteiger partial charge is 0.326 e. The lowest BCUT2D eigenvalue weighted by Crippen LogP contribution is -2.13. The molecule has 7 nitrogen and oxygen atoms in total. The number of non-ortho nitro benzene ring substituents is 1. The van der Waals surface area contributed by atoms with Crippen molar-refractivity contribution in [1.82, 2.24) is 0 Å². The van der Waals surface area contributed by atoms with Crippen molar-refractivity contribution in [3.63, 3.8) is 0 Å². The van der Waals surface area contributed by atoms with Crippen LogP contribution < -0.4 is 10.6 Å². The van der Waals surface area contributed by atoms with E-state index in [0.717, 1.165) is 4.90 Å². The number of thioether (sulfide) groups is 1. The third kappa shape index (κ3) is 5.40. The summed E-state index contributed by atoms with van der Waals surface area (Å²) in [6, 6.07) is 12.8.